The van der Waals surface area contributed by atoms with Crippen molar-refractivity contribution in [3.63, 3.8) is 0 Å². The van der Waals surface area contributed by atoms with Crippen molar-refractivity contribution < 1.29 is 0 Å². The molecule has 0 saturated carbocycles. The third kappa shape index (κ3) is 1.91. The molecule has 1 aromatic carbocycles. The monoisotopic (exact) mass is 269 g/mol. The highest BCUT2D eigenvalue weighted by molar-refractivity contribution is 5.83. The zero-order valence-corrected chi connectivity index (χ0v) is 12.3. The number of hydrogen-bond donors (Lipinski definition) is 2. The first-order chi connectivity index (χ1) is 9.61. The lowest BCUT2D eigenvalue weighted by molar-refractivity contribution is 0.785. The summed E-state index contributed by atoms with van der Waals surface area (Å²) < 4.78 is 2.11. The number of nitrogens with one attached hydrogen (secondary N) is 2. The second-order valence-corrected chi connectivity index (χ2v) is 5.12. The number of aromatic amines is 1. The van der Waals surface area contributed by atoms with E-state index in [0.29, 0.717) is 0 Å². The maximum Gasteiger partial charge on any atom is 0.106 e. The van der Waals surface area contributed by atoms with E-state index in [1.54, 1.807) is 0 Å². The zero-order chi connectivity index (χ0) is 14.3. The average Bonchev–Trinajstić information content (AvgIpc) is 2.92. The number of fused-ring (bicyclic) bond motifs is 1. The molecule has 0 aliphatic heterocycles. The topological polar surface area (TPSA) is 58.5 Å². The fraction of sp³-hybridized carbons (Fsp3) is 0.333. The molecule has 5 nitrogen and oxygen atoms in total. The van der Waals surface area contributed by atoms with Gasteiger partial charge in [-0.1, -0.05) is 6.07 Å². The summed E-state index contributed by atoms with van der Waals surface area (Å²) in [6.07, 6.45) is 0. The molecule has 104 valence electrons. The van der Waals surface area contributed by atoms with Gasteiger partial charge in [-0.25, -0.2) is 4.98 Å². The molecule has 2 aromatic heterocycles. The highest BCUT2D eigenvalue weighted by atomic mass is 15.1. The molecular weight excluding hydrogens is 250 g/mol. The molecule has 5 heteroatoms. The van der Waals surface area contributed by atoms with E-state index in [2.05, 4.69) is 50.2 Å². The van der Waals surface area contributed by atoms with Crippen LogP contribution in [0.5, 0.6) is 0 Å². The lowest BCUT2D eigenvalue weighted by Gasteiger charge is -2.04. The number of aryl methyl sites for hydroxylation is 3. The van der Waals surface area contributed by atoms with E-state index in [9.17, 15) is 0 Å². The van der Waals surface area contributed by atoms with Crippen LogP contribution < -0.4 is 5.32 Å². The van der Waals surface area contributed by atoms with Crippen molar-refractivity contribution >= 4 is 11.0 Å². The zero-order valence-electron chi connectivity index (χ0n) is 12.3. The van der Waals surface area contributed by atoms with Crippen molar-refractivity contribution in [2.75, 3.05) is 7.05 Å². The maximum absolute atomic E-state index is 4.61. The maximum atomic E-state index is 4.61. The summed E-state index contributed by atoms with van der Waals surface area (Å²) in [7, 11) is 3.97. The molecule has 3 rings (SSSR count). The molecule has 0 aliphatic carbocycles. The Kier molecular flexibility index (Phi) is 3.06. The van der Waals surface area contributed by atoms with E-state index in [4.69, 9.17) is 0 Å². The highest BCUT2D eigenvalue weighted by Gasteiger charge is 2.13. The lowest BCUT2D eigenvalue weighted by Crippen LogP contribution is -2.06. The Morgan fingerprint density at radius 1 is 1.30 bits per heavy atom. The molecular formula is C15H19N5. The average molecular weight is 269 g/mol. The predicted molar refractivity (Wildman–Crippen MR) is 80.5 cm³/mol. The van der Waals surface area contributed by atoms with Gasteiger partial charge in [0.25, 0.3) is 0 Å². The summed E-state index contributed by atoms with van der Waals surface area (Å²) in [5.41, 5.74) is 6.64. The van der Waals surface area contributed by atoms with Gasteiger partial charge in [0.15, 0.2) is 0 Å². The van der Waals surface area contributed by atoms with Crippen LogP contribution in [0.4, 0.5) is 0 Å². The molecule has 0 atom stereocenters. The summed E-state index contributed by atoms with van der Waals surface area (Å²) in [6.45, 7) is 4.82. The van der Waals surface area contributed by atoms with E-state index in [-0.39, 0.29) is 0 Å². The van der Waals surface area contributed by atoms with Crippen molar-refractivity contribution in [2.24, 2.45) is 7.05 Å². The summed E-state index contributed by atoms with van der Waals surface area (Å²) in [6, 6.07) is 6.40. The molecule has 0 unspecified atom stereocenters. The van der Waals surface area contributed by atoms with Crippen molar-refractivity contribution in [1.82, 2.24) is 25.1 Å². The molecule has 2 N–H and O–H groups in total. The van der Waals surface area contributed by atoms with Gasteiger partial charge in [-0.05, 0) is 38.6 Å². The number of rotatable bonds is 3. The summed E-state index contributed by atoms with van der Waals surface area (Å²) in [5, 5.41) is 10.6. The first-order valence-electron chi connectivity index (χ1n) is 6.73. The Morgan fingerprint density at radius 2 is 2.10 bits per heavy atom. The van der Waals surface area contributed by atoms with E-state index < -0.39 is 0 Å². The van der Waals surface area contributed by atoms with Gasteiger partial charge >= 0.3 is 0 Å². The van der Waals surface area contributed by atoms with Crippen molar-refractivity contribution in [2.45, 2.75) is 20.4 Å². The molecule has 0 radical (unpaired) electrons. The first kappa shape index (κ1) is 12.9. The Morgan fingerprint density at radius 3 is 2.85 bits per heavy atom. The number of benzene rings is 1. The standard InChI is InChI=1S/C15H19N5/c1-9-15(13(8-16-3)19-18-9)11-5-6-14-12(7-11)17-10(2)20(14)4/h5-7,16H,8H2,1-4H3,(H,18,19). The molecule has 3 aromatic rings. The normalized spacial score (nSPS) is 11.4. The predicted octanol–water partition coefficient (Wildman–Crippen LogP) is 2.30. The minimum atomic E-state index is 0.749. The lowest BCUT2D eigenvalue weighted by atomic mass is 10.0. The van der Waals surface area contributed by atoms with Crippen LogP contribution >= 0.6 is 0 Å². The van der Waals surface area contributed by atoms with Crippen molar-refractivity contribution in [3.8, 4) is 11.1 Å². The summed E-state index contributed by atoms with van der Waals surface area (Å²) >= 11 is 0. The highest BCUT2D eigenvalue weighted by Crippen LogP contribution is 2.28. The molecule has 0 bridgehead atoms. The van der Waals surface area contributed by atoms with E-state index in [1.165, 1.54) is 5.56 Å². The second kappa shape index (κ2) is 4.76. The molecule has 20 heavy (non-hydrogen) atoms. The molecule has 0 fully saturated rings. The Bertz CT molecular complexity index is 766. The van der Waals surface area contributed by atoms with Crippen molar-refractivity contribution in [3.05, 3.63) is 35.4 Å². The Balaban J connectivity index is 2.17. The first-order valence-corrected chi connectivity index (χ1v) is 6.73. The summed E-state index contributed by atoms with van der Waals surface area (Å²) in [5.74, 6) is 1.02. The number of H-pyrrole nitrogens is 1. The van der Waals surface area contributed by atoms with Crippen LogP contribution in [-0.2, 0) is 13.6 Å². The minimum absolute atomic E-state index is 0.749. The fourth-order valence-corrected chi connectivity index (χ4v) is 2.63. The third-order valence-corrected chi connectivity index (χ3v) is 3.76. The summed E-state index contributed by atoms with van der Waals surface area (Å²) in [4.78, 5) is 4.61. The van der Waals surface area contributed by atoms with Crippen LogP contribution in [0.3, 0.4) is 0 Å². The van der Waals surface area contributed by atoms with Gasteiger partial charge in [0.2, 0.25) is 0 Å². The van der Waals surface area contributed by atoms with Crippen LogP contribution in [0.15, 0.2) is 18.2 Å². The molecule has 0 saturated heterocycles. The molecule has 0 spiro atoms. The van der Waals surface area contributed by atoms with Gasteiger partial charge in [-0.2, -0.15) is 5.10 Å². The van der Waals surface area contributed by atoms with Crippen LogP contribution in [-0.4, -0.2) is 26.8 Å². The molecule has 2 heterocycles. The van der Waals surface area contributed by atoms with Gasteiger partial charge in [0.05, 0.1) is 16.7 Å². The molecule has 0 aliphatic rings. The van der Waals surface area contributed by atoms with Crippen LogP contribution in [0.2, 0.25) is 0 Å². The quantitative estimate of drug-likeness (QED) is 0.767. The molecule has 0 amide bonds. The van der Waals surface area contributed by atoms with Gasteiger partial charge in [-0.3, -0.25) is 5.10 Å². The van der Waals surface area contributed by atoms with Gasteiger partial charge in [0.1, 0.15) is 5.82 Å². The van der Waals surface area contributed by atoms with Crippen LogP contribution in [0, 0.1) is 13.8 Å². The Hall–Kier alpha value is -2.14. The smallest absolute Gasteiger partial charge is 0.106 e. The van der Waals surface area contributed by atoms with Gasteiger partial charge < -0.3 is 9.88 Å². The van der Waals surface area contributed by atoms with Crippen LogP contribution in [0.25, 0.3) is 22.2 Å². The number of imidazole rings is 1. The van der Waals surface area contributed by atoms with E-state index in [1.807, 2.05) is 21.0 Å². The number of hydrogen-bond acceptors (Lipinski definition) is 3. The van der Waals surface area contributed by atoms with E-state index >= 15 is 0 Å². The number of aromatic nitrogens is 4. The Labute approximate surface area is 118 Å². The third-order valence-electron chi connectivity index (χ3n) is 3.76. The van der Waals surface area contributed by atoms with Crippen molar-refractivity contribution in [1.29, 1.82) is 0 Å². The largest absolute Gasteiger partial charge is 0.331 e. The second-order valence-electron chi connectivity index (χ2n) is 5.12. The van der Waals surface area contributed by atoms with E-state index in [0.717, 1.165) is 40.4 Å². The van der Waals surface area contributed by atoms with Gasteiger partial charge in [0, 0.05) is 24.8 Å². The fourth-order valence-electron chi connectivity index (χ4n) is 2.63. The number of nitrogens with zero attached hydrogens (tertiary/aromatic N) is 3. The minimum Gasteiger partial charge on any atom is -0.331 e. The SMILES string of the molecule is CNCc1n[nH]c(C)c1-c1ccc2c(c1)nc(C)n2C. The van der Waals surface area contributed by atoms with Gasteiger partial charge in [-0.15, -0.1) is 0 Å². The van der Waals surface area contributed by atoms with Crippen LogP contribution in [0.1, 0.15) is 17.2 Å².